The second-order valence-electron chi connectivity index (χ2n) is 5.85. The van der Waals surface area contributed by atoms with Gasteiger partial charge in [0.1, 0.15) is 0 Å². The van der Waals surface area contributed by atoms with Crippen molar-refractivity contribution in [1.82, 2.24) is 4.90 Å². The number of carbonyl (C=O) groups is 1. The zero-order chi connectivity index (χ0) is 15.2. The molecule has 0 radical (unpaired) electrons. The molecule has 0 atom stereocenters. The SMILES string of the molecule is CCCCN(C)c1ccc(C(=O)N2CC(COC)C2)cc1. The lowest BCUT2D eigenvalue weighted by atomic mass is 10.00. The van der Waals surface area contributed by atoms with Gasteiger partial charge in [0, 0.05) is 51.0 Å². The number of carbonyl (C=O) groups excluding carboxylic acids is 1. The number of hydrogen-bond donors (Lipinski definition) is 0. The molecule has 0 aliphatic carbocycles. The van der Waals surface area contributed by atoms with E-state index in [0.717, 1.165) is 31.8 Å². The second kappa shape index (κ2) is 7.46. The molecule has 4 nitrogen and oxygen atoms in total. The van der Waals surface area contributed by atoms with Gasteiger partial charge in [-0.15, -0.1) is 0 Å². The minimum absolute atomic E-state index is 0.130. The van der Waals surface area contributed by atoms with E-state index in [1.54, 1.807) is 7.11 Å². The van der Waals surface area contributed by atoms with Crippen LogP contribution in [0.5, 0.6) is 0 Å². The van der Waals surface area contributed by atoms with Crippen LogP contribution in [0, 0.1) is 5.92 Å². The third-order valence-electron chi connectivity index (χ3n) is 4.05. The van der Waals surface area contributed by atoms with E-state index in [2.05, 4.69) is 18.9 Å². The van der Waals surface area contributed by atoms with Crippen molar-refractivity contribution < 1.29 is 9.53 Å². The van der Waals surface area contributed by atoms with Crippen molar-refractivity contribution in [2.75, 3.05) is 45.3 Å². The lowest BCUT2D eigenvalue weighted by Crippen LogP contribution is -2.51. The summed E-state index contributed by atoms with van der Waals surface area (Å²) >= 11 is 0. The van der Waals surface area contributed by atoms with Gasteiger partial charge >= 0.3 is 0 Å². The van der Waals surface area contributed by atoms with Crippen molar-refractivity contribution in [2.45, 2.75) is 19.8 Å². The number of anilines is 1. The van der Waals surface area contributed by atoms with Crippen LogP contribution in [-0.2, 0) is 4.74 Å². The van der Waals surface area contributed by atoms with Crippen molar-refractivity contribution >= 4 is 11.6 Å². The van der Waals surface area contributed by atoms with E-state index in [4.69, 9.17) is 4.74 Å². The first-order valence-electron chi connectivity index (χ1n) is 7.75. The van der Waals surface area contributed by atoms with Gasteiger partial charge in [0.05, 0.1) is 6.61 Å². The van der Waals surface area contributed by atoms with Crippen LogP contribution in [0.3, 0.4) is 0 Å². The molecule has 1 aliphatic heterocycles. The van der Waals surface area contributed by atoms with Crippen molar-refractivity contribution in [3.8, 4) is 0 Å². The zero-order valence-corrected chi connectivity index (χ0v) is 13.3. The standard InChI is InChI=1S/C17H26N2O2/c1-4-5-10-18(2)16-8-6-15(7-9-16)17(20)19-11-14(12-19)13-21-3/h6-9,14H,4-5,10-13H2,1-3H3. The van der Waals surface area contributed by atoms with E-state index in [0.29, 0.717) is 5.92 Å². The molecule has 1 heterocycles. The Morgan fingerprint density at radius 2 is 2.00 bits per heavy atom. The van der Waals surface area contributed by atoms with Crippen molar-refractivity contribution in [1.29, 1.82) is 0 Å². The Bertz CT molecular complexity index is 452. The van der Waals surface area contributed by atoms with E-state index < -0.39 is 0 Å². The number of nitrogens with zero attached hydrogens (tertiary/aromatic N) is 2. The number of unbranched alkanes of at least 4 members (excludes halogenated alkanes) is 1. The third-order valence-corrected chi connectivity index (χ3v) is 4.05. The number of ether oxygens (including phenoxy) is 1. The van der Waals surface area contributed by atoms with Gasteiger partial charge in [0.15, 0.2) is 0 Å². The molecule has 1 amide bonds. The van der Waals surface area contributed by atoms with E-state index in [1.165, 1.54) is 18.5 Å². The predicted molar refractivity (Wildman–Crippen MR) is 85.9 cm³/mol. The fourth-order valence-electron chi connectivity index (χ4n) is 2.64. The fraction of sp³-hybridized carbons (Fsp3) is 0.588. The predicted octanol–water partition coefficient (Wildman–Crippen LogP) is 2.64. The Labute approximate surface area is 127 Å². The fourth-order valence-corrected chi connectivity index (χ4v) is 2.64. The van der Waals surface area contributed by atoms with Gasteiger partial charge in [-0.05, 0) is 30.7 Å². The summed E-state index contributed by atoms with van der Waals surface area (Å²) in [5.41, 5.74) is 1.94. The number of rotatable bonds is 7. The topological polar surface area (TPSA) is 32.8 Å². The number of methoxy groups -OCH3 is 1. The molecule has 1 aliphatic rings. The first kappa shape index (κ1) is 15.8. The van der Waals surface area contributed by atoms with Crippen LogP contribution in [0.25, 0.3) is 0 Å². The summed E-state index contributed by atoms with van der Waals surface area (Å²) in [6, 6.07) is 7.94. The monoisotopic (exact) mass is 290 g/mol. The Hall–Kier alpha value is -1.55. The van der Waals surface area contributed by atoms with Gasteiger partial charge in [-0.2, -0.15) is 0 Å². The Morgan fingerprint density at radius 1 is 1.33 bits per heavy atom. The highest BCUT2D eigenvalue weighted by atomic mass is 16.5. The highest BCUT2D eigenvalue weighted by molar-refractivity contribution is 5.95. The van der Waals surface area contributed by atoms with E-state index >= 15 is 0 Å². The van der Waals surface area contributed by atoms with Crippen LogP contribution in [0.4, 0.5) is 5.69 Å². The molecular weight excluding hydrogens is 264 g/mol. The minimum Gasteiger partial charge on any atom is -0.384 e. The first-order chi connectivity index (χ1) is 10.2. The molecule has 21 heavy (non-hydrogen) atoms. The lowest BCUT2D eigenvalue weighted by molar-refractivity contribution is 0.0270. The van der Waals surface area contributed by atoms with Gasteiger partial charge in [-0.1, -0.05) is 13.3 Å². The Kier molecular flexibility index (Phi) is 5.62. The molecular formula is C17H26N2O2. The second-order valence-corrected chi connectivity index (χ2v) is 5.85. The average Bonchev–Trinajstić information content (AvgIpc) is 2.47. The highest BCUT2D eigenvalue weighted by Gasteiger charge is 2.30. The Balaban J connectivity index is 1.89. The van der Waals surface area contributed by atoms with Crippen LogP contribution in [0.15, 0.2) is 24.3 Å². The zero-order valence-electron chi connectivity index (χ0n) is 13.3. The smallest absolute Gasteiger partial charge is 0.253 e. The number of amides is 1. The molecule has 2 rings (SSSR count). The number of likely N-dealkylation sites (tertiary alicyclic amines) is 1. The molecule has 1 fully saturated rings. The quantitative estimate of drug-likeness (QED) is 0.774. The van der Waals surface area contributed by atoms with Gasteiger partial charge in [0.2, 0.25) is 0 Å². The third kappa shape index (κ3) is 3.97. The van der Waals surface area contributed by atoms with Gasteiger partial charge in [-0.3, -0.25) is 4.79 Å². The van der Waals surface area contributed by atoms with E-state index in [-0.39, 0.29) is 5.91 Å². The van der Waals surface area contributed by atoms with Crippen LogP contribution < -0.4 is 4.90 Å². The number of benzene rings is 1. The summed E-state index contributed by atoms with van der Waals surface area (Å²) < 4.78 is 5.11. The van der Waals surface area contributed by atoms with Gasteiger partial charge < -0.3 is 14.5 Å². The number of hydrogen-bond acceptors (Lipinski definition) is 3. The maximum atomic E-state index is 12.3. The van der Waals surface area contributed by atoms with Crippen LogP contribution >= 0.6 is 0 Å². The van der Waals surface area contributed by atoms with E-state index in [1.807, 2.05) is 29.2 Å². The molecule has 0 N–H and O–H groups in total. The molecule has 0 aromatic heterocycles. The maximum absolute atomic E-state index is 12.3. The summed E-state index contributed by atoms with van der Waals surface area (Å²) in [6.45, 7) is 5.61. The molecule has 1 aromatic carbocycles. The summed E-state index contributed by atoms with van der Waals surface area (Å²) in [5, 5.41) is 0. The van der Waals surface area contributed by atoms with Crippen LogP contribution in [0.1, 0.15) is 30.1 Å². The molecule has 0 unspecified atom stereocenters. The molecule has 0 spiro atoms. The highest BCUT2D eigenvalue weighted by Crippen LogP contribution is 2.21. The minimum atomic E-state index is 0.130. The van der Waals surface area contributed by atoms with E-state index in [9.17, 15) is 4.79 Å². The largest absolute Gasteiger partial charge is 0.384 e. The van der Waals surface area contributed by atoms with Crippen molar-refractivity contribution in [2.24, 2.45) is 5.92 Å². The molecule has 0 bridgehead atoms. The van der Waals surface area contributed by atoms with Gasteiger partial charge in [0.25, 0.3) is 5.91 Å². The lowest BCUT2D eigenvalue weighted by Gasteiger charge is -2.39. The van der Waals surface area contributed by atoms with Crippen molar-refractivity contribution in [3.63, 3.8) is 0 Å². The summed E-state index contributed by atoms with van der Waals surface area (Å²) in [7, 11) is 3.80. The van der Waals surface area contributed by atoms with Crippen LogP contribution in [0.2, 0.25) is 0 Å². The first-order valence-corrected chi connectivity index (χ1v) is 7.75. The summed E-state index contributed by atoms with van der Waals surface area (Å²) in [6.07, 6.45) is 2.38. The van der Waals surface area contributed by atoms with Crippen LogP contribution in [-0.4, -0.2) is 51.2 Å². The summed E-state index contributed by atoms with van der Waals surface area (Å²) in [5.74, 6) is 0.628. The molecule has 4 heteroatoms. The normalized spacial score (nSPS) is 14.9. The average molecular weight is 290 g/mol. The van der Waals surface area contributed by atoms with Crippen molar-refractivity contribution in [3.05, 3.63) is 29.8 Å². The maximum Gasteiger partial charge on any atom is 0.253 e. The molecule has 116 valence electrons. The molecule has 1 aromatic rings. The molecule has 0 saturated carbocycles. The van der Waals surface area contributed by atoms with Gasteiger partial charge in [-0.25, -0.2) is 0 Å². The molecule has 1 saturated heterocycles. The summed E-state index contributed by atoms with van der Waals surface area (Å²) in [4.78, 5) is 16.4. The Morgan fingerprint density at radius 3 is 2.57 bits per heavy atom.